The highest BCUT2D eigenvalue weighted by Gasteiger charge is 2.31. The molecule has 0 spiro atoms. The molecule has 0 bridgehead atoms. The highest BCUT2D eigenvalue weighted by Crippen LogP contribution is 2.30. The number of ketones is 1. The number of Topliss-reactive ketones (excluding diaryl/α,β-unsaturated/α-hetero) is 1. The Morgan fingerprint density at radius 2 is 1.92 bits per heavy atom. The van der Waals surface area contributed by atoms with Crippen molar-refractivity contribution >= 4 is 11.8 Å². The van der Waals surface area contributed by atoms with E-state index in [0.717, 1.165) is 19.0 Å². The zero-order chi connectivity index (χ0) is 19.4. The zero-order valence-corrected chi connectivity index (χ0v) is 13.5. The molecule has 1 aliphatic carbocycles. The van der Waals surface area contributed by atoms with E-state index in [4.69, 9.17) is 0 Å². The molecule has 0 atom stereocenters. The molecule has 0 aliphatic heterocycles. The third-order valence-electron chi connectivity index (χ3n) is 3.35. The molecular formula is C16H14F5NO4. The van der Waals surface area contributed by atoms with Crippen molar-refractivity contribution in [3.8, 4) is 5.75 Å². The van der Waals surface area contributed by atoms with E-state index in [1.807, 2.05) is 0 Å². The highest BCUT2D eigenvalue weighted by molar-refractivity contribution is 6.24. The molecule has 2 rings (SSSR count). The topological polar surface area (TPSA) is 64.6 Å². The van der Waals surface area contributed by atoms with Crippen LogP contribution < -0.4 is 10.1 Å². The zero-order valence-electron chi connectivity index (χ0n) is 13.5. The molecule has 0 unspecified atom stereocenters. The summed E-state index contributed by atoms with van der Waals surface area (Å²) in [6, 6.07) is 0.176. The maximum absolute atomic E-state index is 14.3. The average molecular weight is 379 g/mol. The van der Waals surface area contributed by atoms with Crippen molar-refractivity contribution < 1.29 is 41.0 Å². The summed E-state index contributed by atoms with van der Waals surface area (Å²) in [4.78, 5) is 24.4. The number of carbonyl (C=O) groups is 2. The van der Waals surface area contributed by atoms with Crippen molar-refractivity contribution in [2.75, 3.05) is 6.61 Å². The van der Waals surface area contributed by atoms with Gasteiger partial charge in [0.15, 0.2) is 11.6 Å². The fourth-order valence-corrected chi connectivity index (χ4v) is 1.96. The van der Waals surface area contributed by atoms with Gasteiger partial charge in [0, 0.05) is 12.2 Å². The number of alkyl halides is 2. The first-order valence-corrected chi connectivity index (χ1v) is 7.56. The van der Waals surface area contributed by atoms with Crippen LogP contribution in [0, 0.1) is 17.5 Å². The van der Waals surface area contributed by atoms with Crippen LogP contribution in [0.3, 0.4) is 0 Å². The maximum Gasteiger partial charge on any atom is 0.387 e. The number of rotatable bonds is 8. The standard InChI is InChI=1S/C16H14F5NO4/c1-2-25-15(24)9(6-22-7-3-4-7)13(23)8-5-10(17)12(19)14(11(8)18)26-16(20)21/h5-7,16,22H,2-4H2,1H3/b9-6+. The van der Waals surface area contributed by atoms with Crippen LogP contribution in [0.4, 0.5) is 22.0 Å². The molecule has 0 saturated heterocycles. The van der Waals surface area contributed by atoms with Crippen molar-refractivity contribution in [2.24, 2.45) is 0 Å². The van der Waals surface area contributed by atoms with E-state index < -0.39 is 52.7 Å². The summed E-state index contributed by atoms with van der Waals surface area (Å²) in [6.45, 7) is -2.30. The lowest BCUT2D eigenvalue weighted by Gasteiger charge is -2.12. The quantitative estimate of drug-likeness (QED) is 0.143. The minimum absolute atomic E-state index is 0.0137. The normalized spacial score (nSPS) is 14.3. The summed E-state index contributed by atoms with van der Waals surface area (Å²) in [7, 11) is 0. The molecule has 0 heterocycles. The lowest BCUT2D eigenvalue weighted by molar-refractivity contribution is -0.138. The second-order valence-electron chi connectivity index (χ2n) is 5.29. The lowest BCUT2D eigenvalue weighted by atomic mass is 10.0. The van der Waals surface area contributed by atoms with Crippen LogP contribution in [0.5, 0.6) is 5.75 Å². The molecule has 10 heteroatoms. The first-order valence-electron chi connectivity index (χ1n) is 7.56. The van der Waals surface area contributed by atoms with Crippen LogP contribution in [0.25, 0.3) is 0 Å². The van der Waals surface area contributed by atoms with E-state index in [1.54, 1.807) is 0 Å². The monoisotopic (exact) mass is 379 g/mol. The summed E-state index contributed by atoms with van der Waals surface area (Å²) < 4.78 is 74.2. The van der Waals surface area contributed by atoms with Gasteiger partial charge < -0.3 is 14.8 Å². The minimum atomic E-state index is -3.65. The van der Waals surface area contributed by atoms with Gasteiger partial charge in [0.1, 0.15) is 5.57 Å². The Bertz CT molecular complexity index is 747. The van der Waals surface area contributed by atoms with Gasteiger partial charge >= 0.3 is 12.6 Å². The largest absolute Gasteiger partial charge is 0.462 e. The molecule has 1 saturated carbocycles. The van der Waals surface area contributed by atoms with E-state index in [-0.39, 0.29) is 18.7 Å². The van der Waals surface area contributed by atoms with E-state index in [2.05, 4.69) is 14.8 Å². The van der Waals surface area contributed by atoms with Gasteiger partial charge in [0.2, 0.25) is 17.3 Å². The number of benzene rings is 1. The Kier molecular flexibility index (Phi) is 6.17. The number of carbonyl (C=O) groups excluding carboxylic acids is 2. The molecule has 5 nitrogen and oxygen atoms in total. The van der Waals surface area contributed by atoms with Crippen LogP contribution in [0.1, 0.15) is 30.1 Å². The van der Waals surface area contributed by atoms with Crippen molar-refractivity contribution in [2.45, 2.75) is 32.4 Å². The van der Waals surface area contributed by atoms with Crippen molar-refractivity contribution in [3.63, 3.8) is 0 Å². The van der Waals surface area contributed by atoms with E-state index >= 15 is 0 Å². The van der Waals surface area contributed by atoms with Gasteiger partial charge in [-0.25, -0.2) is 13.6 Å². The molecular weight excluding hydrogens is 365 g/mol. The number of hydrogen-bond acceptors (Lipinski definition) is 5. The van der Waals surface area contributed by atoms with E-state index in [9.17, 15) is 31.5 Å². The van der Waals surface area contributed by atoms with Crippen LogP contribution in [0.15, 0.2) is 17.8 Å². The highest BCUT2D eigenvalue weighted by atomic mass is 19.3. The summed E-state index contributed by atoms with van der Waals surface area (Å²) in [5.74, 6) is -9.91. The number of halogens is 5. The van der Waals surface area contributed by atoms with Crippen LogP contribution in [0.2, 0.25) is 0 Å². The van der Waals surface area contributed by atoms with Crippen LogP contribution in [-0.2, 0) is 9.53 Å². The molecule has 1 fully saturated rings. The molecule has 142 valence electrons. The molecule has 1 aliphatic rings. The van der Waals surface area contributed by atoms with Crippen molar-refractivity contribution in [3.05, 3.63) is 40.9 Å². The van der Waals surface area contributed by atoms with E-state index in [1.165, 1.54) is 6.92 Å². The first kappa shape index (κ1) is 19.7. The molecule has 0 radical (unpaired) electrons. The SMILES string of the molecule is CCOC(=O)/C(=C/NC1CC1)C(=O)c1cc(F)c(F)c(OC(F)F)c1F. The fraction of sp³-hybridized carbons (Fsp3) is 0.375. The third-order valence-corrected chi connectivity index (χ3v) is 3.35. The van der Waals surface area contributed by atoms with Gasteiger partial charge in [-0.15, -0.1) is 0 Å². The second-order valence-corrected chi connectivity index (χ2v) is 5.29. The predicted octanol–water partition coefficient (Wildman–Crippen LogP) is 3.09. The van der Waals surface area contributed by atoms with Gasteiger partial charge in [-0.1, -0.05) is 0 Å². The fourth-order valence-electron chi connectivity index (χ4n) is 1.96. The Morgan fingerprint density at radius 3 is 2.46 bits per heavy atom. The van der Waals surface area contributed by atoms with Gasteiger partial charge in [-0.2, -0.15) is 13.2 Å². The third kappa shape index (κ3) is 4.50. The molecule has 1 aromatic rings. The summed E-state index contributed by atoms with van der Waals surface area (Å²) >= 11 is 0. The first-order chi connectivity index (χ1) is 12.3. The Balaban J connectivity index is 2.45. The molecule has 1 N–H and O–H groups in total. The summed E-state index contributed by atoms with van der Waals surface area (Å²) in [5, 5.41) is 2.71. The Hall–Kier alpha value is -2.65. The van der Waals surface area contributed by atoms with Crippen molar-refractivity contribution in [1.82, 2.24) is 5.32 Å². The van der Waals surface area contributed by atoms with Crippen LogP contribution >= 0.6 is 0 Å². The lowest BCUT2D eigenvalue weighted by Crippen LogP contribution is -2.22. The Morgan fingerprint density at radius 1 is 1.27 bits per heavy atom. The second kappa shape index (κ2) is 8.15. The summed E-state index contributed by atoms with van der Waals surface area (Å²) in [6.07, 6.45) is 2.55. The van der Waals surface area contributed by atoms with Crippen molar-refractivity contribution in [1.29, 1.82) is 0 Å². The Labute approximate surface area is 144 Å². The minimum Gasteiger partial charge on any atom is -0.462 e. The molecule has 0 aromatic heterocycles. The maximum atomic E-state index is 14.3. The number of ether oxygens (including phenoxy) is 2. The molecule has 26 heavy (non-hydrogen) atoms. The number of hydrogen-bond donors (Lipinski definition) is 1. The smallest absolute Gasteiger partial charge is 0.387 e. The van der Waals surface area contributed by atoms with Gasteiger partial charge in [-0.05, 0) is 25.8 Å². The molecule has 0 amide bonds. The average Bonchev–Trinajstić information content (AvgIpc) is 3.39. The summed E-state index contributed by atoms with van der Waals surface area (Å²) in [5.41, 5.74) is -1.83. The van der Waals surface area contributed by atoms with Gasteiger partial charge in [-0.3, -0.25) is 4.79 Å². The number of nitrogens with one attached hydrogen (secondary N) is 1. The van der Waals surface area contributed by atoms with E-state index in [0.29, 0.717) is 0 Å². The predicted molar refractivity (Wildman–Crippen MR) is 78.2 cm³/mol. The van der Waals surface area contributed by atoms with Gasteiger partial charge in [0.05, 0.1) is 12.2 Å². The molecule has 1 aromatic carbocycles. The number of esters is 1. The van der Waals surface area contributed by atoms with Crippen LogP contribution in [-0.4, -0.2) is 31.0 Å². The van der Waals surface area contributed by atoms with Gasteiger partial charge in [0.25, 0.3) is 0 Å².